The average Bonchev–Trinajstić information content (AvgIpc) is 2.60. The second kappa shape index (κ2) is 7.95. The van der Waals surface area contributed by atoms with Gasteiger partial charge in [0.05, 0.1) is 0 Å². The summed E-state index contributed by atoms with van der Waals surface area (Å²) in [6, 6.07) is 5.69. The highest BCUT2D eigenvalue weighted by Crippen LogP contribution is 2.33. The van der Waals surface area contributed by atoms with Gasteiger partial charge in [0, 0.05) is 36.9 Å². The lowest BCUT2D eigenvalue weighted by molar-refractivity contribution is -0.135. The number of rotatable bonds is 3. The highest BCUT2D eigenvalue weighted by Gasteiger charge is 2.32. The molecule has 2 aliphatic heterocycles. The van der Waals surface area contributed by atoms with Gasteiger partial charge < -0.3 is 21.3 Å². The molecule has 2 heterocycles. The van der Waals surface area contributed by atoms with E-state index in [0.717, 1.165) is 36.3 Å². The molecule has 0 spiro atoms. The standard InChI is InChI=1S/C18H26N4O2.ClH/c1-12(18(24)21-10-7-13(8-11-21)17(20)23)22-9-3-4-14-15(19)5-2-6-16(14)22;/h2,5-6,12-13H,3-4,7-11,19H2,1H3,(H2,20,23);1H. The first-order valence-corrected chi connectivity index (χ1v) is 8.71. The SMILES string of the molecule is CC(C(=O)N1CCC(C(N)=O)CC1)N1CCCc2c(N)cccc21.Cl. The minimum atomic E-state index is -0.254. The molecule has 1 unspecified atom stereocenters. The van der Waals surface area contributed by atoms with E-state index in [0.29, 0.717) is 25.9 Å². The largest absolute Gasteiger partial charge is 0.398 e. The minimum Gasteiger partial charge on any atom is -0.398 e. The van der Waals surface area contributed by atoms with Crippen molar-refractivity contribution < 1.29 is 9.59 Å². The molecule has 6 nitrogen and oxygen atoms in total. The van der Waals surface area contributed by atoms with Crippen molar-refractivity contribution in [2.45, 2.75) is 38.6 Å². The van der Waals surface area contributed by atoms with Crippen molar-refractivity contribution in [3.05, 3.63) is 23.8 Å². The Kier molecular flexibility index (Phi) is 6.16. The number of nitrogen functional groups attached to an aromatic ring is 1. The molecule has 4 N–H and O–H groups in total. The van der Waals surface area contributed by atoms with Crippen LogP contribution in [0.2, 0.25) is 0 Å². The van der Waals surface area contributed by atoms with Crippen LogP contribution in [0.1, 0.15) is 31.7 Å². The van der Waals surface area contributed by atoms with E-state index in [1.165, 1.54) is 0 Å². The van der Waals surface area contributed by atoms with E-state index in [2.05, 4.69) is 4.90 Å². The third-order valence-corrected chi connectivity index (χ3v) is 5.36. The predicted molar refractivity (Wildman–Crippen MR) is 102 cm³/mol. The van der Waals surface area contributed by atoms with Gasteiger partial charge >= 0.3 is 0 Å². The van der Waals surface area contributed by atoms with E-state index in [1.54, 1.807) is 0 Å². The first-order chi connectivity index (χ1) is 11.5. The second-order valence-electron chi connectivity index (χ2n) is 6.82. The summed E-state index contributed by atoms with van der Waals surface area (Å²) in [5.74, 6) is -0.233. The van der Waals surface area contributed by atoms with Gasteiger partial charge in [0.25, 0.3) is 0 Å². The Morgan fingerprint density at radius 1 is 1.20 bits per heavy atom. The zero-order chi connectivity index (χ0) is 17.3. The maximum Gasteiger partial charge on any atom is 0.244 e. The number of primary amides is 1. The number of nitrogens with zero attached hydrogens (tertiary/aromatic N) is 2. The van der Waals surface area contributed by atoms with E-state index < -0.39 is 0 Å². The van der Waals surface area contributed by atoms with E-state index in [9.17, 15) is 9.59 Å². The fourth-order valence-electron chi connectivity index (χ4n) is 3.86. The number of benzene rings is 1. The lowest BCUT2D eigenvalue weighted by Gasteiger charge is -2.39. The molecule has 1 saturated heterocycles. The lowest BCUT2D eigenvalue weighted by atomic mass is 9.95. The number of fused-ring (bicyclic) bond motifs is 1. The summed E-state index contributed by atoms with van der Waals surface area (Å²) in [6.07, 6.45) is 3.29. The highest BCUT2D eigenvalue weighted by atomic mass is 35.5. The van der Waals surface area contributed by atoms with E-state index in [1.807, 2.05) is 30.0 Å². The number of halogens is 1. The van der Waals surface area contributed by atoms with Gasteiger partial charge in [-0.05, 0) is 50.3 Å². The first kappa shape index (κ1) is 19.4. The van der Waals surface area contributed by atoms with Crippen molar-refractivity contribution in [1.29, 1.82) is 0 Å². The van der Waals surface area contributed by atoms with Crippen LogP contribution < -0.4 is 16.4 Å². The van der Waals surface area contributed by atoms with Crippen LogP contribution >= 0.6 is 12.4 Å². The van der Waals surface area contributed by atoms with Gasteiger partial charge in [-0.15, -0.1) is 12.4 Å². The number of anilines is 2. The molecule has 138 valence electrons. The normalized spacial score (nSPS) is 18.9. The number of hydrogen-bond acceptors (Lipinski definition) is 4. The Balaban J connectivity index is 0.00000225. The van der Waals surface area contributed by atoms with Crippen molar-refractivity contribution in [3.63, 3.8) is 0 Å². The van der Waals surface area contributed by atoms with Crippen LogP contribution in [0.15, 0.2) is 18.2 Å². The summed E-state index contributed by atoms with van der Waals surface area (Å²) in [7, 11) is 0. The van der Waals surface area contributed by atoms with E-state index in [-0.39, 0.29) is 36.2 Å². The third kappa shape index (κ3) is 3.84. The van der Waals surface area contributed by atoms with Gasteiger partial charge in [0.15, 0.2) is 0 Å². The number of carbonyl (C=O) groups is 2. The summed E-state index contributed by atoms with van der Waals surface area (Å²) in [5.41, 5.74) is 14.5. The molecular weight excluding hydrogens is 340 g/mol. The zero-order valence-corrected chi connectivity index (χ0v) is 15.4. The molecule has 0 bridgehead atoms. The molecule has 0 aliphatic carbocycles. The van der Waals surface area contributed by atoms with E-state index >= 15 is 0 Å². The van der Waals surface area contributed by atoms with Crippen molar-refractivity contribution in [3.8, 4) is 0 Å². The molecular formula is C18H27ClN4O2. The van der Waals surface area contributed by atoms with Gasteiger partial charge in [0.1, 0.15) is 6.04 Å². The van der Waals surface area contributed by atoms with Crippen molar-refractivity contribution in [2.24, 2.45) is 11.7 Å². The summed E-state index contributed by atoms with van der Waals surface area (Å²) >= 11 is 0. The second-order valence-corrected chi connectivity index (χ2v) is 6.82. The summed E-state index contributed by atoms with van der Waals surface area (Å²) in [5, 5.41) is 0. The Morgan fingerprint density at radius 3 is 2.52 bits per heavy atom. The monoisotopic (exact) mass is 366 g/mol. The number of nitrogens with two attached hydrogens (primary N) is 2. The fraction of sp³-hybridized carbons (Fsp3) is 0.556. The van der Waals surface area contributed by atoms with Crippen LogP contribution in [0.4, 0.5) is 11.4 Å². The summed E-state index contributed by atoms with van der Waals surface area (Å²) in [6.45, 7) is 4.03. The quantitative estimate of drug-likeness (QED) is 0.794. The van der Waals surface area contributed by atoms with Crippen LogP contribution in [0.3, 0.4) is 0 Å². The molecule has 3 rings (SSSR count). The molecule has 2 aliphatic rings. The average molecular weight is 367 g/mol. The molecule has 0 radical (unpaired) electrons. The third-order valence-electron chi connectivity index (χ3n) is 5.36. The van der Waals surface area contributed by atoms with Gasteiger partial charge in [-0.25, -0.2) is 0 Å². The smallest absolute Gasteiger partial charge is 0.244 e. The van der Waals surface area contributed by atoms with Gasteiger partial charge in [0.2, 0.25) is 11.8 Å². The molecule has 2 amide bonds. The van der Waals surface area contributed by atoms with Crippen molar-refractivity contribution in [2.75, 3.05) is 30.3 Å². The zero-order valence-electron chi connectivity index (χ0n) is 14.6. The van der Waals surface area contributed by atoms with Crippen LogP contribution in [0.5, 0.6) is 0 Å². The topological polar surface area (TPSA) is 92.7 Å². The van der Waals surface area contributed by atoms with Gasteiger partial charge in [-0.1, -0.05) is 6.07 Å². The van der Waals surface area contributed by atoms with Gasteiger partial charge in [-0.2, -0.15) is 0 Å². The Labute approximate surface area is 154 Å². The Hall–Kier alpha value is -1.95. The molecule has 0 saturated carbocycles. The van der Waals surface area contributed by atoms with Crippen LogP contribution in [0.25, 0.3) is 0 Å². The number of hydrogen-bond donors (Lipinski definition) is 2. The predicted octanol–water partition coefficient (Wildman–Crippen LogP) is 1.56. The summed E-state index contributed by atoms with van der Waals surface area (Å²) < 4.78 is 0. The molecule has 1 fully saturated rings. The molecule has 1 aromatic rings. The number of likely N-dealkylation sites (tertiary alicyclic amines) is 1. The Morgan fingerprint density at radius 2 is 1.88 bits per heavy atom. The van der Waals surface area contributed by atoms with Crippen LogP contribution in [0, 0.1) is 5.92 Å². The molecule has 0 aromatic heterocycles. The number of piperidine rings is 1. The van der Waals surface area contributed by atoms with Gasteiger partial charge in [-0.3, -0.25) is 9.59 Å². The number of amides is 2. The maximum absolute atomic E-state index is 12.9. The van der Waals surface area contributed by atoms with Crippen LogP contribution in [-0.4, -0.2) is 42.4 Å². The minimum absolute atomic E-state index is 0. The fourth-order valence-corrected chi connectivity index (χ4v) is 3.86. The highest BCUT2D eigenvalue weighted by molar-refractivity contribution is 5.86. The van der Waals surface area contributed by atoms with E-state index in [4.69, 9.17) is 11.5 Å². The van der Waals surface area contributed by atoms with Crippen molar-refractivity contribution in [1.82, 2.24) is 4.90 Å². The number of carbonyl (C=O) groups excluding carboxylic acids is 2. The molecule has 7 heteroatoms. The Bertz CT molecular complexity index is 644. The summed E-state index contributed by atoms with van der Waals surface area (Å²) in [4.78, 5) is 28.2. The molecule has 1 atom stereocenters. The first-order valence-electron chi connectivity index (χ1n) is 8.71. The van der Waals surface area contributed by atoms with Crippen LogP contribution in [-0.2, 0) is 16.0 Å². The maximum atomic E-state index is 12.9. The molecule has 1 aromatic carbocycles. The lowest BCUT2D eigenvalue weighted by Crippen LogP contribution is -2.51. The van der Waals surface area contributed by atoms with Crippen molar-refractivity contribution >= 4 is 35.6 Å². The molecule has 25 heavy (non-hydrogen) atoms.